The maximum Gasteiger partial charge on any atom is 0.123 e. The lowest BCUT2D eigenvalue weighted by atomic mass is 9.94. The van der Waals surface area contributed by atoms with Crippen LogP contribution in [-0.4, -0.2) is 12.7 Å². The standard InChI is InChI=1S/C14H20FNO/c1-10-8-11(15)5-6-13(10)14(16)9-12-4-2-3-7-17-12/h5-6,8,12,14H,2-4,7,9,16H2,1H3. The van der Waals surface area contributed by atoms with E-state index in [1.807, 2.05) is 6.92 Å². The van der Waals surface area contributed by atoms with Crippen molar-refractivity contribution in [2.75, 3.05) is 6.61 Å². The molecule has 1 aromatic rings. The van der Waals surface area contributed by atoms with E-state index in [-0.39, 0.29) is 18.0 Å². The molecule has 1 heterocycles. The molecule has 3 heteroatoms. The van der Waals surface area contributed by atoms with Crippen LogP contribution in [0.3, 0.4) is 0 Å². The Morgan fingerprint density at radius 1 is 1.47 bits per heavy atom. The summed E-state index contributed by atoms with van der Waals surface area (Å²) in [6, 6.07) is 4.75. The zero-order valence-corrected chi connectivity index (χ0v) is 10.3. The van der Waals surface area contributed by atoms with Crippen LogP contribution in [-0.2, 0) is 4.74 Å². The third-order valence-electron chi connectivity index (χ3n) is 3.42. The number of rotatable bonds is 3. The summed E-state index contributed by atoms with van der Waals surface area (Å²) < 4.78 is 18.7. The van der Waals surface area contributed by atoms with Crippen LogP contribution in [0.1, 0.15) is 42.9 Å². The van der Waals surface area contributed by atoms with Gasteiger partial charge in [-0.2, -0.15) is 0 Å². The van der Waals surface area contributed by atoms with Gasteiger partial charge in [-0.3, -0.25) is 0 Å². The Morgan fingerprint density at radius 2 is 2.29 bits per heavy atom. The Hall–Kier alpha value is -0.930. The molecule has 2 N–H and O–H groups in total. The maximum absolute atomic E-state index is 13.0. The summed E-state index contributed by atoms with van der Waals surface area (Å²) in [6.45, 7) is 2.75. The highest BCUT2D eigenvalue weighted by molar-refractivity contribution is 5.29. The summed E-state index contributed by atoms with van der Waals surface area (Å²) in [5.41, 5.74) is 8.13. The minimum atomic E-state index is -0.202. The summed E-state index contributed by atoms with van der Waals surface area (Å²) in [5, 5.41) is 0. The first-order chi connectivity index (χ1) is 8.16. The lowest BCUT2D eigenvalue weighted by Gasteiger charge is -2.26. The topological polar surface area (TPSA) is 35.2 Å². The van der Waals surface area contributed by atoms with Crippen LogP contribution >= 0.6 is 0 Å². The van der Waals surface area contributed by atoms with Gasteiger partial charge in [-0.15, -0.1) is 0 Å². The molecule has 0 aliphatic carbocycles. The van der Waals surface area contributed by atoms with Gasteiger partial charge in [0.1, 0.15) is 5.82 Å². The van der Waals surface area contributed by atoms with Crippen molar-refractivity contribution in [3.05, 3.63) is 35.1 Å². The van der Waals surface area contributed by atoms with Crippen molar-refractivity contribution in [3.8, 4) is 0 Å². The monoisotopic (exact) mass is 237 g/mol. The van der Waals surface area contributed by atoms with Gasteiger partial charge < -0.3 is 10.5 Å². The van der Waals surface area contributed by atoms with E-state index >= 15 is 0 Å². The number of benzene rings is 1. The molecule has 1 aliphatic rings. The molecule has 2 nitrogen and oxygen atoms in total. The van der Waals surface area contributed by atoms with Crippen LogP contribution in [0, 0.1) is 12.7 Å². The van der Waals surface area contributed by atoms with E-state index in [9.17, 15) is 4.39 Å². The molecular formula is C14H20FNO. The fourth-order valence-corrected chi connectivity index (χ4v) is 2.46. The van der Waals surface area contributed by atoms with Crippen molar-refractivity contribution < 1.29 is 9.13 Å². The van der Waals surface area contributed by atoms with E-state index in [2.05, 4.69) is 0 Å². The minimum Gasteiger partial charge on any atom is -0.378 e. The van der Waals surface area contributed by atoms with Gasteiger partial charge >= 0.3 is 0 Å². The van der Waals surface area contributed by atoms with Gasteiger partial charge in [-0.25, -0.2) is 4.39 Å². The summed E-state index contributed by atoms with van der Waals surface area (Å²) in [5.74, 6) is -0.202. The van der Waals surface area contributed by atoms with Gasteiger partial charge in [0.2, 0.25) is 0 Å². The molecule has 1 aromatic carbocycles. The molecule has 0 spiro atoms. The first-order valence-corrected chi connectivity index (χ1v) is 6.30. The van der Waals surface area contributed by atoms with Crippen molar-refractivity contribution in [2.45, 2.75) is 44.8 Å². The third kappa shape index (κ3) is 3.27. The molecule has 0 saturated carbocycles. The predicted molar refractivity (Wildman–Crippen MR) is 66.3 cm³/mol. The first kappa shape index (κ1) is 12.5. The highest BCUT2D eigenvalue weighted by Crippen LogP contribution is 2.25. The number of hydrogen-bond donors (Lipinski definition) is 1. The van der Waals surface area contributed by atoms with E-state index in [0.29, 0.717) is 0 Å². The molecule has 0 bridgehead atoms. The van der Waals surface area contributed by atoms with Gasteiger partial charge in [-0.05, 0) is 55.9 Å². The van der Waals surface area contributed by atoms with E-state index < -0.39 is 0 Å². The van der Waals surface area contributed by atoms with Crippen LogP contribution < -0.4 is 5.73 Å². The highest BCUT2D eigenvalue weighted by atomic mass is 19.1. The quantitative estimate of drug-likeness (QED) is 0.876. The van der Waals surface area contributed by atoms with E-state index in [0.717, 1.165) is 37.0 Å². The van der Waals surface area contributed by atoms with Crippen molar-refractivity contribution in [3.63, 3.8) is 0 Å². The van der Waals surface area contributed by atoms with E-state index in [4.69, 9.17) is 10.5 Å². The molecule has 0 aromatic heterocycles. The minimum absolute atomic E-state index is 0.0568. The number of hydrogen-bond acceptors (Lipinski definition) is 2. The van der Waals surface area contributed by atoms with Crippen LogP contribution in [0.2, 0.25) is 0 Å². The fourth-order valence-electron chi connectivity index (χ4n) is 2.46. The van der Waals surface area contributed by atoms with Gasteiger partial charge in [0.25, 0.3) is 0 Å². The molecule has 1 saturated heterocycles. The summed E-state index contributed by atoms with van der Waals surface area (Å²) in [6.07, 6.45) is 4.56. The van der Waals surface area contributed by atoms with Gasteiger partial charge in [0, 0.05) is 12.6 Å². The molecule has 2 atom stereocenters. The maximum atomic E-state index is 13.0. The number of nitrogens with two attached hydrogens (primary N) is 1. The second-order valence-corrected chi connectivity index (χ2v) is 4.83. The number of halogens is 1. The molecule has 17 heavy (non-hydrogen) atoms. The highest BCUT2D eigenvalue weighted by Gasteiger charge is 2.19. The average Bonchev–Trinajstić information content (AvgIpc) is 2.30. The molecule has 0 amide bonds. The Labute approximate surface area is 102 Å². The second-order valence-electron chi connectivity index (χ2n) is 4.83. The largest absolute Gasteiger partial charge is 0.378 e. The van der Waals surface area contributed by atoms with Gasteiger partial charge in [0.05, 0.1) is 6.10 Å². The molecule has 1 fully saturated rings. The Kier molecular flexibility index (Phi) is 4.13. The summed E-state index contributed by atoms with van der Waals surface area (Å²) in [7, 11) is 0. The fraction of sp³-hybridized carbons (Fsp3) is 0.571. The average molecular weight is 237 g/mol. The van der Waals surface area contributed by atoms with Crippen molar-refractivity contribution >= 4 is 0 Å². The molecule has 0 radical (unpaired) electrons. The summed E-state index contributed by atoms with van der Waals surface area (Å²) >= 11 is 0. The second kappa shape index (κ2) is 5.61. The zero-order chi connectivity index (χ0) is 12.3. The predicted octanol–water partition coefficient (Wildman–Crippen LogP) is 3.09. The number of aryl methyl sites for hydroxylation is 1. The van der Waals surface area contributed by atoms with Gasteiger partial charge in [-0.1, -0.05) is 6.07 Å². The van der Waals surface area contributed by atoms with Crippen molar-refractivity contribution in [1.82, 2.24) is 0 Å². The number of ether oxygens (including phenoxy) is 1. The Balaban J connectivity index is 2.00. The summed E-state index contributed by atoms with van der Waals surface area (Å²) in [4.78, 5) is 0. The Bertz CT molecular complexity index is 374. The molecule has 1 aliphatic heterocycles. The SMILES string of the molecule is Cc1cc(F)ccc1C(N)CC1CCCCO1. The molecule has 2 unspecified atom stereocenters. The smallest absolute Gasteiger partial charge is 0.123 e. The lowest BCUT2D eigenvalue weighted by molar-refractivity contribution is 0.00727. The van der Waals surface area contributed by atoms with Gasteiger partial charge in [0.15, 0.2) is 0 Å². The Morgan fingerprint density at radius 3 is 2.94 bits per heavy atom. The van der Waals surface area contributed by atoms with Crippen LogP contribution in [0.15, 0.2) is 18.2 Å². The van der Waals surface area contributed by atoms with Crippen molar-refractivity contribution in [1.29, 1.82) is 0 Å². The zero-order valence-electron chi connectivity index (χ0n) is 10.3. The first-order valence-electron chi connectivity index (χ1n) is 6.30. The third-order valence-corrected chi connectivity index (χ3v) is 3.42. The van der Waals surface area contributed by atoms with Crippen LogP contribution in [0.4, 0.5) is 4.39 Å². The van der Waals surface area contributed by atoms with E-state index in [1.54, 1.807) is 6.07 Å². The molecular weight excluding hydrogens is 217 g/mol. The van der Waals surface area contributed by atoms with E-state index in [1.165, 1.54) is 18.6 Å². The molecule has 2 rings (SSSR count). The normalized spacial score (nSPS) is 22.4. The lowest BCUT2D eigenvalue weighted by Crippen LogP contribution is -2.25. The van der Waals surface area contributed by atoms with Crippen LogP contribution in [0.5, 0.6) is 0 Å². The van der Waals surface area contributed by atoms with Crippen molar-refractivity contribution in [2.24, 2.45) is 5.73 Å². The van der Waals surface area contributed by atoms with Crippen LogP contribution in [0.25, 0.3) is 0 Å². The molecule has 94 valence electrons.